The van der Waals surface area contributed by atoms with E-state index in [4.69, 9.17) is 4.84 Å². The van der Waals surface area contributed by atoms with Gasteiger partial charge in [0.05, 0.1) is 11.9 Å². The molecule has 104 valence electrons. The molecular weight excluding hydrogens is 280 g/mol. The summed E-state index contributed by atoms with van der Waals surface area (Å²) in [6.45, 7) is 0.390. The first-order valence-corrected chi connectivity index (χ1v) is 7.50. The summed E-state index contributed by atoms with van der Waals surface area (Å²) in [6.07, 6.45) is 1.70. The quantitative estimate of drug-likeness (QED) is 0.517. The molecule has 0 saturated carbocycles. The number of hydrogen-bond acceptors (Lipinski definition) is 4. The third kappa shape index (κ3) is 3.77. The molecule has 0 saturated heterocycles. The van der Waals surface area contributed by atoms with Crippen LogP contribution in [0.1, 0.15) is 10.6 Å². The van der Waals surface area contributed by atoms with Gasteiger partial charge < -0.3 is 4.84 Å². The van der Waals surface area contributed by atoms with Gasteiger partial charge in [0.25, 0.3) is 0 Å². The fraction of sp³-hybridized carbons (Fsp3) is 0.0588. The van der Waals surface area contributed by atoms with Gasteiger partial charge in [-0.15, -0.1) is 11.3 Å². The topological polar surface area (TPSA) is 34.5 Å². The highest BCUT2D eigenvalue weighted by molar-refractivity contribution is 7.09. The Kier molecular flexibility index (Phi) is 4.39. The Morgan fingerprint density at radius 3 is 2.48 bits per heavy atom. The molecule has 0 unspecified atom stereocenters. The van der Waals surface area contributed by atoms with Crippen molar-refractivity contribution in [2.24, 2.45) is 5.16 Å². The smallest absolute Gasteiger partial charge is 0.168 e. The molecule has 0 aliphatic heterocycles. The fourth-order valence-electron chi connectivity index (χ4n) is 1.85. The minimum Gasteiger partial charge on any atom is -0.388 e. The van der Waals surface area contributed by atoms with Crippen molar-refractivity contribution in [2.75, 3.05) is 0 Å². The molecule has 3 nitrogen and oxygen atoms in total. The molecule has 0 bridgehead atoms. The summed E-state index contributed by atoms with van der Waals surface area (Å²) < 4.78 is 0. The molecule has 3 rings (SSSR count). The van der Waals surface area contributed by atoms with E-state index in [1.54, 1.807) is 17.6 Å². The first-order valence-electron chi connectivity index (χ1n) is 6.62. The molecule has 2 aromatic carbocycles. The van der Waals surface area contributed by atoms with Crippen LogP contribution in [-0.2, 0) is 11.4 Å². The summed E-state index contributed by atoms with van der Waals surface area (Å²) in [5.74, 6) is 0. The highest BCUT2D eigenvalue weighted by Gasteiger charge is 2.04. The molecule has 0 spiro atoms. The summed E-state index contributed by atoms with van der Waals surface area (Å²) in [5, 5.41) is 6.91. The molecule has 4 heteroatoms. The molecular formula is C17H14N2OS. The van der Waals surface area contributed by atoms with E-state index in [1.807, 2.05) is 66.0 Å². The third-order valence-corrected chi connectivity index (χ3v) is 3.71. The summed E-state index contributed by atoms with van der Waals surface area (Å²) in [7, 11) is 0. The van der Waals surface area contributed by atoms with Crippen LogP contribution in [0.4, 0.5) is 0 Å². The summed E-state index contributed by atoms with van der Waals surface area (Å²) in [4.78, 5) is 9.83. The van der Waals surface area contributed by atoms with Gasteiger partial charge in [-0.2, -0.15) is 0 Å². The Balaban J connectivity index is 1.57. The Labute approximate surface area is 127 Å². The van der Waals surface area contributed by atoms with Gasteiger partial charge in [-0.05, 0) is 5.56 Å². The Morgan fingerprint density at radius 1 is 1.00 bits per heavy atom. The van der Waals surface area contributed by atoms with E-state index < -0.39 is 0 Å². The molecule has 0 amide bonds. The zero-order valence-electron chi connectivity index (χ0n) is 11.3. The van der Waals surface area contributed by atoms with E-state index in [0.717, 1.165) is 21.8 Å². The van der Waals surface area contributed by atoms with Crippen molar-refractivity contribution in [3.05, 3.63) is 76.6 Å². The van der Waals surface area contributed by atoms with E-state index in [-0.39, 0.29) is 0 Å². The average molecular weight is 294 g/mol. The van der Waals surface area contributed by atoms with Crippen molar-refractivity contribution >= 4 is 17.6 Å². The van der Waals surface area contributed by atoms with E-state index in [2.05, 4.69) is 10.1 Å². The number of benzene rings is 2. The molecule has 0 aliphatic carbocycles. The second-order valence-corrected chi connectivity index (χ2v) is 5.35. The molecule has 0 radical (unpaired) electrons. The Hall–Kier alpha value is -2.46. The zero-order chi connectivity index (χ0) is 14.3. The van der Waals surface area contributed by atoms with Gasteiger partial charge in [0, 0.05) is 10.9 Å². The van der Waals surface area contributed by atoms with Gasteiger partial charge in [-0.25, -0.2) is 4.98 Å². The monoisotopic (exact) mass is 294 g/mol. The molecule has 21 heavy (non-hydrogen) atoms. The van der Waals surface area contributed by atoms with Gasteiger partial charge in [0.1, 0.15) is 5.01 Å². The SMILES string of the molecule is C(=NOCc1nc(-c2ccccc2)cs1)c1ccccc1. The summed E-state index contributed by atoms with van der Waals surface area (Å²) in [5.41, 5.74) is 3.11. The summed E-state index contributed by atoms with van der Waals surface area (Å²) >= 11 is 1.58. The second kappa shape index (κ2) is 6.81. The van der Waals surface area contributed by atoms with Crippen LogP contribution in [0.5, 0.6) is 0 Å². The number of hydrogen-bond donors (Lipinski definition) is 0. The lowest BCUT2D eigenvalue weighted by molar-refractivity contribution is 0.132. The first kappa shape index (κ1) is 13.5. The van der Waals surface area contributed by atoms with E-state index in [0.29, 0.717) is 6.61 Å². The standard InChI is InChI=1S/C17H14N2OS/c1-3-7-14(8-4-1)11-18-20-12-17-19-16(13-21-17)15-9-5-2-6-10-15/h1-11,13H,12H2. The molecule has 1 aromatic heterocycles. The second-order valence-electron chi connectivity index (χ2n) is 4.41. The molecule has 0 aliphatic rings. The highest BCUT2D eigenvalue weighted by Crippen LogP contribution is 2.21. The predicted octanol–water partition coefficient (Wildman–Crippen LogP) is 4.36. The van der Waals surface area contributed by atoms with Crippen molar-refractivity contribution < 1.29 is 4.84 Å². The van der Waals surface area contributed by atoms with E-state index >= 15 is 0 Å². The normalized spacial score (nSPS) is 10.9. The van der Waals surface area contributed by atoms with Crippen LogP contribution < -0.4 is 0 Å². The highest BCUT2D eigenvalue weighted by atomic mass is 32.1. The molecule has 3 aromatic rings. The van der Waals surface area contributed by atoms with Crippen LogP contribution in [0, 0.1) is 0 Å². The van der Waals surface area contributed by atoms with Crippen LogP contribution >= 0.6 is 11.3 Å². The van der Waals surface area contributed by atoms with E-state index in [9.17, 15) is 0 Å². The number of rotatable bonds is 5. The van der Waals surface area contributed by atoms with Crippen molar-refractivity contribution in [3.63, 3.8) is 0 Å². The predicted molar refractivity (Wildman–Crippen MR) is 86.4 cm³/mol. The van der Waals surface area contributed by atoms with Crippen molar-refractivity contribution in [3.8, 4) is 11.3 Å². The third-order valence-electron chi connectivity index (χ3n) is 2.89. The summed E-state index contributed by atoms with van der Waals surface area (Å²) in [6, 6.07) is 20.0. The largest absolute Gasteiger partial charge is 0.388 e. The van der Waals surface area contributed by atoms with Crippen LogP contribution in [0.3, 0.4) is 0 Å². The van der Waals surface area contributed by atoms with Crippen molar-refractivity contribution in [1.29, 1.82) is 0 Å². The average Bonchev–Trinajstić information content (AvgIpc) is 3.02. The Morgan fingerprint density at radius 2 is 1.71 bits per heavy atom. The van der Waals surface area contributed by atoms with Crippen LogP contribution in [-0.4, -0.2) is 11.2 Å². The lowest BCUT2D eigenvalue weighted by Gasteiger charge is -1.96. The van der Waals surface area contributed by atoms with Gasteiger partial charge >= 0.3 is 0 Å². The van der Waals surface area contributed by atoms with Crippen LogP contribution in [0.2, 0.25) is 0 Å². The fourth-order valence-corrected chi connectivity index (χ4v) is 2.56. The lowest BCUT2D eigenvalue weighted by atomic mass is 10.2. The first-order chi connectivity index (χ1) is 10.4. The van der Waals surface area contributed by atoms with Crippen molar-refractivity contribution in [1.82, 2.24) is 4.98 Å². The lowest BCUT2D eigenvalue weighted by Crippen LogP contribution is -1.88. The molecule has 1 heterocycles. The maximum atomic E-state index is 5.29. The molecule has 0 N–H and O–H groups in total. The Bertz CT molecular complexity index is 708. The maximum Gasteiger partial charge on any atom is 0.168 e. The van der Waals surface area contributed by atoms with Crippen molar-refractivity contribution in [2.45, 2.75) is 6.61 Å². The van der Waals surface area contributed by atoms with Crippen LogP contribution in [0.25, 0.3) is 11.3 Å². The number of oxime groups is 1. The minimum absolute atomic E-state index is 0.390. The van der Waals surface area contributed by atoms with Gasteiger partial charge in [0.2, 0.25) is 0 Å². The van der Waals surface area contributed by atoms with Gasteiger partial charge in [-0.3, -0.25) is 0 Å². The van der Waals surface area contributed by atoms with Gasteiger partial charge in [0.15, 0.2) is 6.61 Å². The number of thiazole rings is 1. The van der Waals surface area contributed by atoms with Gasteiger partial charge in [-0.1, -0.05) is 65.8 Å². The number of nitrogens with zero attached hydrogens (tertiary/aromatic N) is 2. The minimum atomic E-state index is 0.390. The maximum absolute atomic E-state index is 5.29. The van der Waals surface area contributed by atoms with E-state index in [1.165, 1.54) is 0 Å². The van der Waals surface area contributed by atoms with Crippen LogP contribution in [0.15, 0.2) is 71.2 Å². The molecule has 0 fully saturated rings. The molecule has 0 atom stereocenters. The zero-order valence-corrected chi connectivity index (χ0v) is 12.2. The number of aromatic nitrogens is 1.